The minimum absolute atomic E-state index is 0.412. The van der Waals surface area contributed by atoms with Gasteiger partial charge in [0.05, 0.1) is 10.4 Å². The van der Waals surface area contributed by atoms with E-state index >= 15 is 0 Å². The second-order valence-corrected chi connectivity index (χ2v) is 5.69. The van der Waals surface area contributed by atoms with E-state index in [0.29, 0.717) is 24.5 Å². The van der Waals surface area contributed by atoms with Crippen molar-refractivity contribution in [1.82, 2.24) is 0 Å². The Bertz CT molecular complexity index is 446. The normalized spacial score (nSPS) is 11.1. The van der Waals surface area contributed by atoms with E-state index in [1.807, 2.05) is 35.2 Å². The SMILES string of the molecule is CC(C)(CN(CCC(N)=S)c1ccccc1)C(=O)O. The first-order valence-electron chi connectivity index (χ1n) is 6.14. The second kappa shape index (κ2) is 6.52. The Kier molecular flexibility index (Phi) is 5.30. The summed E-state index contributed by atoms with van der Waals surface area (Å²) in [6.07, 6.45) is 0.569. The van der Waals surface area contributed by atoms with Crippen molar-refractivity contribution in [3.8, 4) is 0 Å². The maximum Gasteiger partial charge on any atom is 0.310 e. The molecule has 0 radical (unpaired) electrons. The van der Waals surface area contributed by atoms with Gasteiger partial charge >= 0.3 is 5.97 Å². The molecule has 3 N–H and O–H groups in total. The topological polar surface area (TPSA) is 66.6 Å². The summed E-state index contributed by atoms with van der Waals surface area (Å²) < 4.78 is 0. The number of anilines is 1. The first-order valence-corrected chi connectivity index (χ1v) is 6.55. The Morgan fingerprint density at radius 2 is 1.95 bits per heavy atom. The summed E-state index contributed by atoms with van der Waals surface area (Å²) >= 11 is 4.89. The molecule has 0 unspecified atom stereocenters. The monoisotopic (exact) mass is 280 g/mol. The highest BCUT2D eigenvalue weighted by Gasteiger charge is 2.29. The molecule has 1 aromatic carbocycles. The van der Waals surface area contributed by atoms with Gasteiger partial charge in [0.2, 0.25) is 0 Å². The van der Waals surface area contributed by atoms with Gasteiger partial charge in [0.25, 0.3) is 0 Å². The van der Waals surface area contributed by atoms with Gasteiger partial charge in [-0.05, 0) is 26.0 Å². The first kappa shape index (κ1) is 15.4. The van der Waals surface area contributed by atoms with Crippen molar-refractivity contribution in [1.29, 1.82) is 0 Å². The molecule has 0 aromatic heterocycles. The third-order valence-corrected chi connectivity index (χ3v) is 3.12. The number of carboxylic acids is 1. The van der Waals surface area contributed by atoms with Crippen LogP contribution in [0.15, 0.2) is 30.3 Å². The molecule has 0 bridgehead atoms. The van der Waals surface area contributed by atoms with Crippen LogP contribution in [0.3, 0.4) is 0 Å². The molecule has 0 saturated heterocycles. The third kappa shape index (κ3) is 4.87. The predicted octanol–water partition coefficient (Wildman–Crippen LogP) is 2.28. The lowest BCUT2D eigenvalue weighted by Gasteiger charge is -2.31. The van der Waals surface area contributed by atoms with Crippen LogP contribution in [0.4, 0.5) is 5.69 Å². The molecule has 5 heteroatoms. The summed E-state index contributed by atoms with van der Waals surface area (Å²) in [5.41, 5.74) is 5.68. The van der Waals surface area contributed by atoms with Gasteiger partial charge in [-0.1, -0.05) is 30.4 Å². The van der Waals surface area contributed by atoms with Gasteiger partial charge in [-0.25, -0.2) is 0 Å². The van der Waals surface area contributed by atoms with E-state index in [0.717, 1.165) is 5.69 Å². The lowest BCUT2D eigenvalue weighted by Crippen LogP contribution is -2.40. The molecule has 104 valence electrons. The highest BCUT2D eigenvalue weighted by atomic mass is 32.1. The van der Waals surface area contributed by atoms with E-state index in [9.17, 15) is 9.90 Å². The number of nitrogens with two attached hydrogens (primary N) is 1. The number of carbonyl (C=O) groups is 1. The van der Waals surface area contributed by atoms with Crippen molar-refractivity contribution >= 4 is 28.9 Å². The standard InChI is InChI=1S/C14H20N2O2S/c1-14(2,13(17)18)10-16(9-8-12(15)19)11-6-4-3-5-7-11/h3-7H,8-10H2,1-2H3,(H2,15,19)(H,17,18). The molecule has 0 spiro atoms. The van der Waals surface area contributed by atoms with Crippen molar-refractivity contribution in [2.24, 2.45) is 11.1 Å². The smallest absolute Gasteiger partial charge is 0.310 e. The van der Waals surface area contributed by atoms with E-state index < -0.39 is 11.4 Å². The molecule has 4 nitrogen and oxygen atoms in total. The van der Waals surface area contributed by atoms with Gasteiger partial charge in [0.15, 0.2) is 0 Å². The summed E-state index contributed by atoms with van der Waals surface area (Å²) in [6, 6.07) is 9.69. The van der Waals surface area contributed by atoms with Gasteiger partial charge < -0.3 is 15.7 Å². The van der Waals surface area contributed by atoms with E-state index in [2.05, 4.69) is 0 Å². The van der Waals surface area contributed by atoms with Crippen molar-refractivity contribution < 1.29 is 9.90 Å². The summed E-state index contributed by atoms with van der Waals surface area (Å²) in [5, 5.41) is 9.24. The molecule has 19 heavy (non-hydrogen) atoms. The Hall–Kier alpha value is -1.62. The van der Waals surface area contributed by atoms with Crippen LogP contribution in [0.2, 0.25) is 0 Å². The quantitative estimate of drug-likeness (QED) is 0.750. The van der Waals surface area contributed by atoms with E-state index in [4.69, 9.17) is 18.0 Å². The predicted molar refractivity (Wildman–Crippen MR) is 81.5 cm³/mol. The number of carboxylic acid groups (broad SMARTS) is 1. The Balaban J connectivity index is 2.87. The molecule has 0 amide bonds. The fourth-order valence-electron chi connectivity index (χ4n) is 1.73. The van der Waals surface area contributed by atoms with Crippen LogP contribution in [-0.4, -0.2) is 29.2 Å². The molecule has 0 heterocycles. The summed E-state index contributed by atoms with van der Waals surface area (Å²) in [6.45, 7) is 4.46. The van der Waals surface area contributed by atoms with Gasteiger partial charge in [-0.3, -0.25) is 4.79 Å². The molecule has 1 aromatic rings. The number of hydrogen-bond donors (Lipinski definition) is 2. The molecule has 1 rings (SSSR count). The summed E-state index contributed by atoms with van der Waals surface area (Å²) in [5.74, 6) is -0.816. The van der Waals surface area contributed by atoms with Crippen LogP contribution in [0.5, 0.6) is 0 Å². The lowest BCUT2D eigenvalue weighted by molar-refractivity contribution is -0.146. The molecular formula is C14H20N2O2S. The average Bonchev–Trinajstić information content (AvgIpc) is 2.35. The minimum atomic E-state index is -0.827. The number of hydrogen-bond acceptors (Lipinski definition) is 3. The van der Waals surface area contributed by atoms with Crippen molar-refractivity contribution in [2.75, 3.05) is 18.0 Å². The largest absolute Gasteiger partial charge is 0.481 e. The van der Waals surface area contributed by atoms with Crippen LogP contribution >= 0.6 is 12.2 Å². The van der Waals surface area contributed by atoms with Crippen LogP contribution in [0, 0.1) is 5.41 Å². The lowest BCUT2D eigenvalue weighted by atomic mass is 9.92. The fraction of sp³-hybridized carbons (Fsp3) is 0.429. The summed E-state index contributed by atoms with van der Waals surface area (Å²) in [7, 11) is 0. The van der Waals surface area contributed by atoms with Crippen LogP contribution in [0.1, 0.15) is 20.3 Å². The number of aliphatic carboxylic acids is 1. The third-order valence-electron chi connectivity index (χ3n) is 2.91. The van der Waals surface area contributed by atoms with Crippen molar-refractivity contribution in [2.45, 2.75) is 20.3 Å². The maximum atomic E-state index is 11.2. The van der Waals surface area contributed by atoms with Gasteiger partial charge in [-0.2, -0.15) is 0 Å². The van der Waals surface area contributed by atoms with Crippen LogP contribution in [0.25, 0.3) is 0 Å². The number of para-hydroxylation sites is 1. The van der Waals surface area contributed by atoms with E-state index in [-0.39, 0.29) is 0 Å². The van der Waals surface area contributed by atoms with Crippen molar-refractivity contribution in [3.05, 3.63) is 30.3 Å². The van der Waals surface area contributed by atoms with Gasteiger partial charge in [0, 0.05) is 25.2 Å². The Morgan fingerprint density at radius 3 is 2.42 bits per heavy atom. The maximum absolute atomic E-state index is 11.2. The molecule has 0 aliphatic heterocycles. The zero-order valence-corrected chi connectivity index (χ0v) is 12.1. The number of benzene rings is 1. The van der Waals surface area contributed by atoms with Crippen LogP contribution < -0.4 is 10.6 Å². The van der Waals surface area contributed by atoms with Gasteiger partial charge in [0.1, 0.15) is 0 Å². The number of thiocarbonyl (C=S) groups is 1. The zero-order valence-electron chi connectivity index (χ0n) is 11.3. The zero-order chi connectivity index (χ0) is 14.5. The Morgan fingerprint density at radius 1 is 1.37 bits per heavy atom. The molecule has 0 aliphatic carbocycles. The fourth-order valence-corrected chi connectivity index (χ4v) is 1.82. The average molecular weight is 280 g/mol. The highest BCUT2D eigenvalue weighted by molar-refractivity contribution is 7.80. The molecular weight excluding hydrogens is 260 g/mol. The van der Waals surface area contributed by atoms with E-state index in [1.165, 1.54) is 0 Å². The molecule has 0 saturated carbocycles. The molecule has 0 fully saturated rings. The second-order valence-electron chi connectivity index (χ2n) is 5.16. The van der Waals surface area contributed by atoms with Gasteiger partial charge in [-0.15, -0.1) is 0 Å². The number of nitrogens with zero attached hydrogens (tertiary/aromatic N) is 1. The first-order chi connectivity index (χ1) is 8.83. The minimum Gasteiger partial charge on any atom is -0.481 e. The highest BCUT2D eigenvalue weighted by Crippen LogP contribution is 2.22. The van der Waals surface area contributed by atoms with E-state index in [1.54, 1.807) is 13.8 Å². The molecule has 0 aliphatic rings. The molecule has 0 atom stereocenters. The Labute approximate surface area is 119 Å². The number of rotatable bonds is 7. The van der Waals surface area contributed by atoms with Crippen LogP contribution in [-0.2, 0) is 4.79 Å². The summed E-state index contributed by atoms with van der Waals surface area (Å²) in [4.78, 5) is 13.7. The van der Waals surface area contributed by atoms with Crippen molar-refractivity contribution in [3.63, 3.8) is 0 Å².